The van der Waals surface area contributed by atoms with E-state index in [1.807, 2.05) is 48.5 Å². The van der Waals surface area contributed by atoms with Gasteiger partial charge >= 0.3 is 0 Å². The Hall–Kier alpha value is -3.10. The minimum atomic E-state index is -0.532. The lowest BCUT2D eigenvalue weighted by Gasteiger charge is -2.19. The standard InChI is InChI=1S/C23H23N3O4S/c24-21(27)15-30-18-10-8-16(9-11-18)13-20-22(28)26(14-19-7-4-12-29-19)23(31-20)25-17-5-2-1-3-6-17/h1-3,5-6,8-11,13,19H,4,7,12,14-15H2,(H2,24,27)/t19-/m1/s1. The molecule has 2 heterocycles. The van der Waals surface area contributed by atoms with Crippen LogP contribution in [0.1, 0.15) is 18.4 Å². The fourth-order valence-electron chi connectivity index (χ4n) is 3.32. The normalized spacial score (nSPS) is 21.2. The van der Waals surface area contributed by atoms with Crippen molar-refractivity contribution in [3.05, 3.63) is 65.1 Å². The fourth-order valence-corrected chi connectivity index (χ4v) is 4.33. The van der Waals surface area contributed by atoms with Gasteiger partial charge in [0, 0.05) is 6.61 Å². The summed E-state index contributed by atoms with van der Waals surface area (Å²) in [5, 5.41) is 0.652. The van der Waals surface area contributed by atoms with Gasteiger partial charge in [0.2, 0.25) is 0 Å². The van der Waals surface area contributed by atoms with Gasteiger partial charge in [-0.3, -0.25) is 14.5 Å². The molecule has 2 aliphatic heterocycles. The molecule has 0 radical (unpaired) electrons. The van der Waals surface area contributed by atoms with Crippen LogP contribution in [0.25, 0.3) is 6.08 Å². The number of amides is 2. The lowest BCUT2D eigenvalue weighted by Crippen LogP contribution is -2.36. The van der Waals surface area contributed by atoms with Crippen LogP contribution >= 0.6 is 11.8 Å². The van der Waals surface area contributed by atoms with Crippen LogP contribution in [0.5, 0.6) is 5.75 Å². The molecule has 2 fully saturated rings. The summed E-state index contributed by atoms with van der Waals surface area (Å²) in [4.78, 5) is 31.0. The number of para-hydroxylation sites is 1. The molecule has 0 unspecified atom stereocenters. The van der Waals surface area contributed by atoms with Crippen molar-refractivity contribution in [3.8, 4) is 5.75 Å². The quantitative estimate of drug-likeness (QED) is 0.671. The summed E-state index contributed by atoms with van der Waals surface area (Å²) >= 11 is 1.36. The molecule has 0 spiro atoms. The summed E-state index contributed by atoms with van der Waals surface area (Å²) in [6, 6.07) is 16.7. The van der Waals surface area contributed by atoms with Crippen LogP contribution in [0, 0.1) is 0 Å². The molecule has 2 N–H and O–H groups in total. The summed E-state index contributed by atoms with van der Waals surface area (Å²) in [6.07, 6.45) is 3.82. The lowest BCUT2D eigenvalue weighted by atomic mass is 10.2. The van der Waals surface area contributed by atoms with Crippen molar-refractivity contribution in [2.24, 2.45) is 10.7 Å². The molecular weight excluding hydrogens is 414 g/mol. The van der Waals surface area contributed by atoms with E-state index in [4.69, 9.17) is 20.2 Å². The number of carbonyl (C=O) groups excluding carboxylic acids is 2. The van der Waals surface area contributed by atoms with E-state index in [0.29, 0.717) is 22.4 Å². The van der Waals surface area contributed by atoms with E-state index in [2.05, 4.69) is 0 Å². The fraction of sp³-hybridized carbons (Fsp3) is 0.261. The molecule has 2 aromatic rings. The Morgan fingerprint density at radius 2 is 2.00 bits per heavy atom. The molecule has 8 heteroatoms. The van der Waals surface area contributed by atoms with E-state index in [0.717, 1.165) is 30.7 Å². The minimum absolute atomic E-state index is 0.0339. The number of hydrogen-bond donors (Lipinski definition) is 1. The predicted octanol–water partition coefficient (Wildman–Crippen LogP) is 3.33. The van der Waals surface area contributed by atoms with Crippen molar-refractivity contribution in [1.82, 2.24) is 4.90 Å². The number of primary amides is 1. The van der Waals surface area contributed by atoms with Crippen LogP contribution in [0.15, 0.2) is 64.5 Å². The van der Waals surface area contributed by atoms with Gasteiger partial charge in [-0.15, -0.1) is 0 Å². The number of aliphatic imine (C=N–C) groups is 1. The first-order chi connectivity index (χ1) is 15.1. The molecule has 160 valence electrons. The van der Waals surface area contributed by atoms with Crippen molar-refractivity contribution < 1.29 is 19.1 Å². The first-order valence-electron chi connectivity index (χ1n) is 10.1. The van der Waals surface area contributed by atoms with Gasteiger partial charge in [0.25, 0.3) is 11.8 Å². The molecular formula is C23H23N3O4S. The molecule has 0 saturated carbocycles. The third-order valence-corrected chi connectivity index (χ3v) is 5.84. The maximum Gasteiger partial charge on any atom is 0.266 e. The van der Waals surface area contributed by atoms with Crippen LogP contribution in [0.2, 0.25) is 0 Å². The summed E-state index contributed by atoms with van der Waals surface area (Å²) < 4.78 is 11.0. The monoisotopic (exact) mass is 437 g/mol. The Kier molecular flexibility index (Phi) is 6.69. The minimum Gasteiger partial charge on any atom is -0.484 e. The van der Waals surface area contributed by atoms with E-state index in [1.165, 1.54) is 11.8 Å². The highest BCUT2D eigenvalue weighted by molar-refractivity contribution is 8.18. The zero-order valence-electron chi connectivity index (χ0n) is 16.9. The van der Waals surface area contributed by atoms with Gasteiger partial charge in [0.05, 0.1) is 23.2 Å². The molecule has 2 aromatic carbocycles. The van der Waals surface area contributed by atoms with Crippen LogP contribution in [0.3, 0.4) is 0 Å². The molecule has 7 nitrogen and oxygen atoms in total. The zero-order chi connectivity index (χ0) is 21.6. The highest BCUT2D eigenvalue weighted by atomic mass is 32.2. The maximum atomic E-state index is 13.2. The molecule has 0 aliphatic carbocycles. The smallest absolute Gasteiger partial charge is 0.266 e. The number of rotatable bonds is 7. The molecule has 2 amide bonds. The second-order valence-corrected chi connectivity index (χ2v) is 8.22. The molecule has 31 heavy (non-hydrogen) atoms. The number of thioether (sulfide) groups is 1. The Labute approximate surface area is 184 Å². The van der Waals surface area contributed by atoms with E-state index in [-0.39, 0.29) is 18.6 Å². The predicted molar refractivity (Wildman–Crippen MR) is 121 cm³/mol. The van der Waals surface area contributed by atoms with Crippen LogP contribution in [-0.4, -0.2) is 47.7 Å². The number of carbonyl (C=O) groups is 2. The molecule has 4 rings (SSSR count). The van der Waals surface area contributed by atoms with Crippen molar-refractivity contribution in [2.45, 2.75) is 18.9 Å². The van der Waals surface area contributed by atoms with Gasteiger partial charge in [-0.05, 0) is 60.5 Å². The zero-order valence-corrected chi connectivity index (χ0v) is 17.7. The topological polar surface area (TPSA) is 94.2 Å². The van der Waals surface area contributed by atoms with Crippen LogP contribution in [0.4, 0.5) is 5.69 Å². The van der Waals surface area contributed by atoms with Gasteiger partial charge in [0.1, 0.15) is 5.75 Å². The average molecular weight is 438 g/mol. The van der Waals surface area contributed by atoms with Gasteiger partial charge in [-0.1, -0.05) is 30.3 Å². The third-order valence-electron chi connectivity index (χ3n) is 4.84. The van der Waals surface area contributed by atoms with E-state index < -0.39 is 5.91 Å². The second kappa shape index (κ2) is 9.80. The largest absolute Gasteiger partial charge is 0.484 e. The van der Waals surface area contributed by atoms with E-state index in [1.54, 1.807) is 17.0 Å². The van der Waals surface area contributed by atoms with Gasteiger partial charge in [0.15, 0.2) is 11.8 Å². The van der Waals surface area contributed by atoms with Crippen molar-refractivity contribution >= 4 is 40.5 Å². The Morgan fingerprint density at radius 3 is 2.68 bits per heavy atom. The van der Waals surface area contributed by atoms with Gasteiger partial charge < -0.3 is 15.2 Å². The Bertz CT molecular complexity index is 999. The van der Waals surface area contributed by atoms with Gasteiger partial charge in [-0.2, -0.15) is 0 Å². The Morgan fingerprint density at radius 1 is 1.23 bits per heavy atom. The van der Waals surface area contributed by atoms with E-state index in [9.17, 15) is 9.59 Å². The summed E-state index contributed by atoms with van der Waals surface area (Å²) in [5.41, 5.74) is 6.74. The molecule has 0 aromatic heterocycles. The highest BCUT2D eigenvalue weighted by Gasteiger charge is 2.35. The van der Waals surface area contributed by atoms with E-state index >= 15 is 0 Å². The third kappa shape index (κ3) is 5.53. The lowest BCUT2D eigenvalue weighted by molar-refractivity contribution is -0.123. The number of nitrogens with two attached hydrogens (primary N) is 1. The average Bonchev–Trinajstić information content (AvgIpc) is 3.38. The SMILES string of the molecule is NC(=O)COc1ccc(C=C2SC(=Nc3ccccc3)N(C[C@H]3CCCO3)C2=O)cc1. The van der Waals surface area contributed by atoms with Crippen LogP contribution in [-0.2, 0) is 14.3 Å². The summed E-state index contributed by atoms with van der Waals surface area (Å²) in [7, 11) is 0. The van der Waals surface area contributed by atoms with Gasteiger partial charge in [-0.25, -0.2) is 4.99 Å². The second-order valence-electron chi connectivity index (χ2n) is 7.22. The molecule has 1 atom stereocenters. The van der Waals surface area contributed by atoms with Crippen LogP contribution < -0.4 is 10.5 Å². The van der Waals surface area contributed by atoms with Crippen molar-refractivity contribution in [3.63, 3.8) is 0 Å². The number of ether oxygens (including phenoxy) is 2. The molecule has 2 saturated heterocycles. The summed E-state index contributed by atoms with van der Waals surface area (Å²) in [5.74, 6) is -0.0716. The highest BCUT2D eigenvalue weighted by Crippen LogP contribution is 2.35. The number of benzene rings is 2. The van der Waals surface area contributed by atoms with Crippen molar-refractivity contribution in [2.75, 3.05) is 19.8 Å². The number of nitrogens with zero attached hydrogens (tertiary/aromatic N) is 2. The molecule has 2 aliphatic rings. The summed E-state index contributed by atoms with van der Waals surface area (Å²) in [6.45, 7) is 1.05. The van der Waals surface area contributed by atoms with Crippen molar-refractivity contribution in [1.29, 1.82) is 0 Å². The molecule has 0 bridgehead atoms. The number of hydrogen-bond acceptors (Lipinski definition) is 6. The first kappa shape index (κ1) is 21.1. The number of amidine groups is 1. The first-order valence-corrected chi connectivity index (χ1v) is 10.9. The maximum absolute atomic E-state index is 13.2. The Balaban J connectivity index is 1.55.